The van der Waals surface area contributed by atoms with Crippen molar-refractivity contribution in [2.24, 2.45) is 5.73 Å². The second kappa shape index (κ2) is 7.81. The topological polar surface area (TPSA) is 101 Å². The van der Waals surface area contributed by atoms with E-state index < -0.39 is 11.9 Å². The highest BCUT2D eigenvalue weighted by atomic mass is 16.5. The van der Waals surface area contributed by atoms with E-state index in [1.165, 1.54) is 13.2 Å². The van der Waals surface area contributed by atoms with Gasteiger partial charge in [-0.2, -0.15) is 0 Å². The molecule has 0 bridgehead atoms. The number of hydrogen-bond acceptors (Lipinski definition) is 4. The third-order valence-electron chi connectivity index (χ3n) is 4.08. The highest BCUT2D eigenvalue weighted by Crippen LogP contribution is 2.18. The second-order valence-electron chi connectivity index (χ2n) is 5.74. The van der Waals surface area contributed by atoms with Gasteiger partial charge in [-0.05, 0) is 25.0 Å². The van der Waals surface area contributed by atoms with Gasteiger partial charge in [-0.1, -0.05) is 19.8 Å². The van der Waals surface area contributed by atoms with Gasteiger partial charge in [0, 0.05) is 11.6 Å². The molecule has 0 radical (unpaired) electrons. The van der Waals surface area contributed by atoms with Gasteiger partial charge in [0.05, 0.1) is 13.7 Å². The summed E-state index contributed by atoms with van der Waals surface area (Å²) in [5.41, 5.74) is 6.57. The smallest absolute Gasteiger partial charge is 0.317 e. The highest BCUT2D eigenvalue weighted by Gasteiger charge is 2.24. The Bertz CT molecular complexity index is 752. The molecule has 24 heavy (non-hydrogen) atoms. The van der Waals surface area contributed by atoms with E-state index in [9.17, 15) is 14.8 Å². The zero-order chi connectivity index (χ0) is 17.7. The molecule has 2 rings (SSSR count). The number of primary amides is 1. The Balaban J connectivity index is 2.46. The number of methoxy groups -OCH3 is 1. The van der Waals surface area contributed by atoms with Crippen molar-refractivity contribution in [3.63, 3.8) is 0 Å². The molecule has 0 atom stereocenters. The zero-order valence-electron chi connectivity index (χ0n) is 14.1. The van der Waals surface area contributed by atoms with E-state index in [1.807, 2.05) is 4.57 Å². The van der Waals surface area contributed by atoms with Crippen LogP contribution in [0.2, 0.25) is 0 Å². The first-order valence-electron chi connectivity index (χ1n) is 8.10. The van der Waals surface area contributed by atoms with E-state index in [2.05, 4.69) is 11.7 Å². The summed E-state index contributed by atoms with van der Waals surface area (Å²) in [7, 11) is 1.29. The molecule has 1 amide bonds. The van der Waals surface area contributed by atoms with E-state index in [-0.39, 0.29) is 12.0 Å². The molecule has 2 N–H and O–H groups in total. The molecule has 0 fully saturated rings. The molecule has 0 unspecified atom stereocenters. The van der Waals surface area contributed by atoms with Crippen molar-refractivity contribution < 1.29 is 19.1 Å². The average Bonchev–Trinajstić information content (AvgIpc) is 2.83. The minimum atomic E-state index is -0.595. The number of amides is 1. The normalized spacial score (nSPS) is 10.9. The number of aryl methyl sites for hydroxylation is 1. The van der Waals surface area contributed by atoms with Crippen LogP contribution in [0.5, 0.6) is 0 Å². The Labute approximate surface area is 140 Å². The van der Waals surface area contributed by atoms with Crippen LogP contribution in [0, 0.1) is 5.21 Å². The summed E-state index contributed by atoms with van der Waals surface area (Å²) in [6.07, 6.45) is 4.07. The maximum absolute atomic E-state index is 12.6. The van der Waals surface area contributed by atoms with Gasteiger partial charge in [0.2, 0.25) is 5.91 Å². The van der Waals surface area contributed by atoms with Crippen molar-refractivity contribution in [1.29, 1.82) is 0 Å². The summed E-state index contributed by atoms with van der Waals surface area (Å²) in [6, 6.07) is 4.76. The molecule has 0 saturated heterocycles. The molecule has 0 spiro atoms. The molecule has 0 aliphatic carbocycles. The summed E-state index contributed by atoms with van der Waals surface area (Å²) in [6.45, 7) is 2.76. The minimum Gasteiger partial charge on any atom is -0.710 e. The maximum Gasteiger partial charge on any atom is 0.317 e. The van der Waals surface area contributed by atoms with Gasteiger partial charge in [-0.25, -0.2) is 9.30 Å². The number of benzene rings is 1. The van der Waals surface area contributed by atoms with E-state index in [4.69, 9.17) is 5.73 Å². The third-order valence-corrected chi connectivity index (χ3v) is 4.08. The van der Waals surface area contributed by atoms with Crippen molar-refractivity contribution in [2.45, 2.75) is 45.6 Å². The van der Waals surface area contributed by atoms with Gasteiger partial charge in [0.1, 0.15) is 6.42 Å². The number of rotatable bonds is 8. The summed E-state index contributed by atoms with van der Waals surface area (Å²) in [5, 5.41) is 12.6. The van der Waals surface area contributed by atoms with Gasteiger partial charge in [0.15, 0.2) is 11.0 Å². The minimum absolute atomic E-state index is 0.117. The predicted octanol–water partition coefficient (Wildman–Crippen LogP) is 1.67. The first kappa shape index (κ1) is 17.8. The fourth-order valence-electron chi connectivity index (χ4n) is 2.77. The van der Waals surface area contributed by atoms with Crippen LogP contribution in [0.15, 0.2) is 18.2 Å². The molecule has 0 aliphatic heterocycles. The SMILES string of the molecule is CCCCCCn1c(CC(=O)OC)[n+]([O-])c2cc(C(N)=O)ccc21. The lowest BCUT2D eigenvalue weighted by molar-refractivity contribution is -0.586. The number of hydrogen-bond donors (Lipinski definition) is 1. The van der Waals surface area contributed by atoms with Crippen LogP contribution in [-0.4, -0.2) is 23.6 Å². The van der Waals surface area contributed by atoms with Crippen LogP contribution in [0.4, 0.5) is 0 Å². The number of nitrogens with two attached hydrogens (primary N) is 1. The van der Waals surface area contributed by atoms with E-state index in [0.717, 1.165) is 25.7 Å². The van der Waals surface area contributed by atoms with Gasteiger partial charge in [-0.15, -0.1) is 0 Å². The fourth-order valence-corrected chi connectivity index (χ4v) is 2.77. The van der Waals surface area contributed by atoms with Crippen molar-refractivity contribution >= 4 is 22.9 Å². The molecular weight excluding hydrogens is 310 g/mol. The quantitative estimate of drug-likeness (QED) is 0.343. The predicted molar refractivity (Wildman–Crippen MR) is 89.3 cm³/mol. The second-order valence-corrected chi connectivity index (χ2v) is 5.74. The van der Waals surface area contributed by atoms with Crippen LogP contribution >= 0.6 is 0 Å². The molecule has 7 nitrogen and oxygen atoms in total. The van der Waals surface area contributed by atoms with Crippen molar-refractivity contribution in [2.75, 3.05) is 7.11 Å². The van der Waals surface area contributed by atoms with Gasteiger partial charge < -0.3 is 15.7 Å². The summed E-state index contributed by atoms with van der Waals surface area (Å²) >= 11 is 0. The van der Waals surface area contributed by atoms with Crippen LogP contribution in [-0.2, 0) is 22.5 Å². The largest absolute Gasteiger partial charge is 0.710 e. The van der Waals surface area contributed by atoms with Crippen molar-refractivity contribution in [3.8, 4) is 0 Å². The lowest BCUT2D eigenvalue weighted by atomic mass is 10.2. The van der Waals surface area contributed by atoms with Crippen LogP contribution in [0.1, 0.15) is 48.8 Å². The first-order valence-corrected chi connectivity index (χ1v) is 8.10. The number of nitrogens with zero attached hydrogens (tertiary/aromatic N) is 2. The zero-order valence-corrected chi connectivity index (χ0v) is 14.1. The number of carbonyl (C=O) groups excluding carboxylic acids is 2. The standard InChI is InChI=1S/C17H23N3O4/c1-3-4-5-6-9-19-13-8-7-12(17(18)22)10-14(13)20(23)15(19)11-16(21)24-2/h7-8,10H,3-6,9,11H2,1-2H3,(H2,18,22). The molecular formula is C17H23N3O4. The summed E-state index contributed by atoms with van der Waals surface area (Å²) in [5.74, 6) is -0.760. The molecule has 7 heteroatoms. The van der Waals surface area contributed by atoms with E-state index in [0.29, 0.717) is 28.1 Å². The number of ether oxygens (including phenoxy) is 1. The molecule has 0 aliphatic rings. The Morgan fingerprint density at radius 1 is 1.29 bits per heavy atom. The Morgan fingerprint density at radius 3 is 2.67 bits per heavy atom. The number of carbonyl (C=O) groups is 2. The molecule has 1 aromatic heterocycles. The fraction of sp³-hybridized carbons (Fsp3) is 0.471. The van der Waals surface area contributed by atoms with Crippen LogP contribution in [0.25, 0.3) is 11.0 Å². The third kappa shape index (κ3) is 3.67. The molecule has 130 valence electrons. The van der Waals surface area contributed by atoms with Gasteiger partial charge >= 0.3 is 5.97 Å². The molecule has 1 aromatic carbocycles. The number of imidazole rings is 1. The summed E-state index contributed by atoms with van der Waals surface area (Å²) in [4.78, 5) is 23.0. The van der Waals surface area contributed by atoms with E-state index >= 15 is 0 Å². The number of unbranched alkanes of at least 4 members (excludes halogenated alkanes) is 3. The number of fused-ring (bicyclic) bond motifs is 1. The van der Waals surface area contributed by atoms with Gasteiger partial charge in [-0.3, -0.25) is 9.59 Å². The van der Waals surface area contributed by atoms with Crippen molar-refractivity contribution in [1.82, 2.24) is 4.57 Å². The number of aromatic nitrogens is 2. The van der Waals surface area contributed by atoms with Crippen LogP contribution < -0.4 is 10.5 Å². The molecule has 2 aromatic rings. The first-order chi connectivity index (χ1) is 11.5. The molecule has 0 saturated carbocycles. The maximum atomic E-state index is 12.6. The van der Waals surface area contributed by atoms with Gasteiger partial charge in [0.25, 0.3) is 5.82 Å². The monoisotopic (exact) mass is 333 g/mol. The lowest BCUT2D eigenvalue weighted by Crippen LogP contribution is -2.33. The molecule has 1 heterocycles. The Hall–Kier alpha value is -2.57. The average molecular weight is 333 g/mol. The van der Waals surface area contributed by atoms with E-state index in [1.54, 1.807) is 12.1 Å². The number of esters is 1. The van der Waals surface area contributed by atoms with Crippen LogP contribution in [0.3, 0.4) is 0 Å². The Morgan fingerprint density at radius 2 is 2.04 bits per heavy atom. The van der Waals surface area contributed by atoms with Crippen molar-refractivity contribution in [3.05, 3.63) is 34.8 Å². The Kier molecular flexibility index (Phi) is 5.78. The summed E-state index contributed by atoms with van der Waals surface area (Å²) < 4.78 is 7.21. The lowest BCUT2D eigenvalue weighted by Gasteiger charge is -2.05. The highest BCUT2D eigenvalue weighted by molar-refractivity contribution is 5.95.